The number of rotatable bonds is 2. The molecule has 0 aromatic carbocycles. The molecule has 0 fully saturated rings. The van der Waals surface area contributed by atoms with Crippen LogP contribution in [0.25, 0.3) is 0 Å². The Labute approximate surface area is 99.4 Å². The fourth-order valence-corrected chi connectivity index (χ4v) is 3.32. The van der Waals surface area contributed by atoms with Gasteiger partial charge in [-0.1, -0.05) is 23.8 Å². The van der Waals surface area contributed by atoms with Crippen LogP contribution in [0, 0.1) is 0 Å². The monoisotopic (exact) mass is 261 g/mol. The molecule has 0 amide bonds. The molecule has 1 aliphatic rings. The summed E-state index contributed by atoms with van der Waals surface area (Å²) in [6.45, 7) is 0.862. The third kappa shape index (κ3) is 1.88. The van der Waals surface area contributed by atoms with Gasteiger partial charge in [0.1, 0.15) is 5.15 Å². The topological polar surface area (TPSA) is 55.2 Å². The largest absolute Gasteiger partial charge is 0.324 e. The third-order valence-electron chi connectivity index (χ3n) is 2.44. The van der Waals surface area contributed by atoms with Gasteiger partial charge < -0.3 is 4.57 Å². The van der Waals surface area contributed by atoms with E-state index in [2.05, 4.69) is 4.98 Å². The number of aryl methyl sites for hydroxylation is 1. The molecule has 0 N–H and O–H groups in total. The van der Waals surface area contributed by atoms with Gasteiger partial charge in [-0.2, -0.15) is 4.31 Å². The number of nitrogens with zero attached hydrogens (tertiary/aromatic N) is 3. The predicted octanol–water partition coefficient (Wildman–Crippen LogP) is 1.02. The molecule has 2 heterocycles. The molecule has 5 nitrogen and oxygen atoms in total. The normalized spacial score (nSPS) is 17.9. The van der Waals surface area contributed by atoms with Crippen LogP contribution in [0.5, 0.6) is 0 Å². The molecule has 0 bridgehead atoms. The molecule has 0 spiro atoms. The second kappa shape index (κ2) is 4.20. The molecular formula is C9H12ClN3O2S. The number of imidazole rings is 1. The molecule has 0 saturated heterocycles. The maximum absolute atomic E-state index is 12.2. The predicted molar refractivity (Wildman–Crippen MR) is 60.7 cm³/mol. The van der Waals surface area contributed by atoms with E-state index < -0.39 is 10.0 Å². The van der Waals surface area contributed by atoms with E-state index in [1.807, 2.05) is 12.2 Å². The lowest BCUT2D eigenvalue weighted by Gasteiger charge is -2.21. The quantitative estimate of drug-likeness (QED) is 0.747. The zero-order chi connectivity index (χ0) is 11.8. The van der Waals surface area contributed by atoms with Gasteiger partial charge in [-0.15, -0.1) is 0 Å². The Bertz CT molecular complexity index is 521. The van der Waals surface area contributed by atoms with Crippen LogP contribution in [0.2, 0.25) is 5.15 Å². The van der Waals surface area contributed by atoms with Crippen LogP contribution in [-0.2, 0) is 17.1 Å². The SMILES string of the molecule is Cn1cnc(S(=O)(=O)N2CC=CCC2)c1Cl. The van der Waals surface area contributed by atoms with Crippen LogP contribution in [0.4, 0.5) is 0 Å². The summed E-state index contributed by atoms with van der Waals surface area (Å²) in [6.07, 6.45) is 5.92. The summed E-state index contributed by atoms with van der Waals surface area (Å²) < 4.78 is 27.2. The van der Waals surface area contributed by atoms with E-state index in [0.29, 0.717) is 13.1 Å². The summed E-state index contributed by atoms with van der Waals surface area (Å²) >= 11 is 5.89. The lowest BCUT2D eigenvalue weighted by molar-refractivity contribution is 0.435. The van der Waals surface area contributed by atoms with Crippen LogP contribution >= 0.6 is 11.6 Å². The van der Waals surface area contributed by atoms with Gasteiger partial charge in [0.05, 0.1) is 6.33 Å². The van der Waals surface area contributed by atoms with Crippen molar-refractivity contribution in [1.82, 2.24) is 13.9 Å². The van der Waals surface area contributed by atoms with Crippen molar-refractivity contribution < 1.29 is 8.42 Å². The summed E-state index contributed by atoms with van der Waals surface area (Å²) in [4.78, 5) is 3.84. The van der Waals surface area contributed by atoms with Gasteiger partial charge in [0.15, 0.2) is 0 Å². The molecule has 0 saturated carbocycles. The van der Waals surface area contributed by atoms with Crippen molar-refractivity contribution in [2.75, 3.05) is 13.1 Å². The number of sulfonamides is 1. The molecular weight excluding hydrogens is 250 g/mol. The Morgan fingerprint density at radius 1 is 1.44 bits per heavy atom. The molecule has 2 rings (SSSR count). The van der Waals surface area contributed by atoms with Crippen molar-refractivity contribution in [3.8, 4) is 0 Å². The molecule has 88 valence electrons. The van der Waals surface area contributed by atoms with Crippen molar-refractivity contribution in [1.29, 1.82) is 0 Å². The highest BCUT2D eigenvalue weighted by molar-refractivity contribution is 7.89. The van der Waals surface area contributed by atoms with Crippen molar-refractivity contribution in [3.63, 3.8) is 0 Å². The summed E-state index contributed by atoms with van der Waals surface area (Å²) in [5.41, 5.74) is 0. The maximum atomic E-state index is 12.2. The minimum Gasteiger partial charge on any atom is -0.324 e. The van der Waals surface area contributed by atoms with E-state index in [-0.39, 0.29) is 10.2 Å². The van der Waals surface area contributed by atoms with Crippen LogP contribution < -0.4 is 0 Å². The number of halogens is 1. The van der Waals surface area contributed by atoms with Gasteiger partial charge in [-0.3, -0.25) is 0 Å². The van der Waals surface area contributed by atoms with E-state index in [9.17, 15) is 8.42 Å². The Morgan fingerprint density at radius 2 is 2.19 bits per heavy atom. The molecule has 1 aromatic rings. The van der Waals surface area contributed by atoms with E-state index in [4.69, 9.17) is 11.6 Å². The first-order valence-corrected chi connectivity index (χ1v) is 6.67. The summed E-state index contributed by atoms with van der Waals surface area (Å²) in [5.74, 6) is 0. The van der Waals surface area contributed by atoms with Crippen LogP contribution in [0.3, 0.4) is 0 Å². The third-order valence-corrected chi connectivity index (χ3v) is 4.80. The molecule has 1 aromatic heterocycles. The van der Waals surface area contributed by atoms with Crippen molar-refractivity contribution in [2.45, 2.75) is 11.4 Å². The number of aromatic nitrogens is 2. The Balaban J connectivity index is 2.39. The molecule has 16 heavy (non-hydrogen) atoms. The van der Waals surface area contributed by atoms with Crippen molar-refractivity contribution in [2.24, 2.45) is 7.05 Å². The van der Waals surface area contributed by atoms with Crippen molar-refractivity contribution >= 4 is 21.6 Å². The van der Waals surface area contributed by atoms with Gasteiger partial charge in [-0.05, 0) is 6.42 Å². The molecule has 1 aliphatic heterocycles. The van der Waals surface area contributed by atoms with E-state index in [1.54, 1.807) is 7.05 Å². The Kier molecular flexibility index (Phi) is 3.05. The minimum absolute atomic E-state index is 0.0630. The summed E-state index contributed by atoms with van der Waals surface area (Å²) in [7, 11) is -1.90. The van der Waals surface area contributed by atoms with Gasteiger partial charge >= 0.3 is 0 Å². The van der Waals surface area contributed by atoms with Gasteiger partial charge in [0, 0.05) is 20.1 Å². The van der Waals surface area contributed by atoms with E-state index in [1.165, 1.54) is 15.2 Å². The molecule has 0 atom stereocenters. The Morgan fingerprint density at radius 3 is 2.69 bits per heavy atom. The summed E-state index contributed by atoms with van der Waals surface area (Å²) in [5, 5.41) is 0.0847. The van der Waals surface area contributed by atoms with Gasteiger partial charge in [0.2, 0.25) is 5.03 Å². The average molecular weight is 262 g/mol. The maximum Gasteiger partial charge on any atom is 0.263 e. The first-order valence-electron chi connectivity index (χ1n) is 4.85. The van der Waals surface area contributed by atoms with Crippen LogP contribution in [-0.4, -0.2) is 35.4 Å². The number of hydrogen-bond acceptors (Lipinski definition) is 3. The lowest BCUT2D eigenvalue weighted by Crippen LogP contribution is -2.34. The highest BCUT2D eigenvalue weighted by Gasteiger charge is 2.29. The second-order valence-corrected chi connectivity index (χ2v) is 5.79. The standard InChI is InChI=1S/C9H12ClN3O2S/c1-12-7-11-9(8(12)10)16(14,15)13-5-3-2-4-6-13/h2-3,7H,4-6H2,1H3. The Hall–Kier alpha value is -0.850. The smallest absolute Gasteiger partial charge is 0.263 e. The zero-order valence-electron chi connectivity index (χ0n) is 8.80. The van der Waals surface area contributed by atoms with Crippen LogP contribution in [0.1, 0.15) is 6.42 Å². The fraction of sp³-hybridized carbons (Fsp3) is 0.444. The van der Waals surface area contributed by atoms with Gasteiger partial charge in [-0.25, -0.2) is 13.4 Å². The van der Waals surface area contributed by atoms with Crippen molar-refractivity contribution in [3.05, 3.63) is 23.6 Å². The first kappa shape index (κ1) is 11.6. The fourth-order valence-electron chi connectivity index (χ4n) is 1.53. The molecule has 7 heteroatoms. The summed E-state index contributed by atoms with van der Waals surface area (Å²) in [6, 6.07) is 0. The second-order valence-electron chi connectivity index (χ2n) is 3.57. The van der Waals surface area contributed by atoms with E-state index >= 15 is 0 Å². The highest BCUT2D eigenvalue weighted by atomic mass is 35.5. The minimum atomic E-state index is -3.55. The zero-order valence-corrected chi connectivity index (χ0v) is 10.4. The lowest BCUT2D eigenvalue weighted by atomic mass is 10.3. The highest BCUT2D eigenvalue weighted by Crippen LogP contribution is 2.23. The molecule has 0 unspecified atom stereocenters. The van der Waals surface area contributed by atoms with E-state index in [0.717, 1.165) is 6.42 Å². The average Bonchev–Trinajstić information content (AvgIpc) is 2.61. The first-order chi connectivity index (χ1) is 7.53. The number of hydrogen-bond donors (Lipinski definition) is 0. The van der Waals surface area contributed by atoms with Crippen LogP contribution in [0.15, 0.2) is 23.5 Å². The molecule has 0 radical (unpaired) electrons. The molecule has 0 aliphatic carbocycles. The van der Waals surface area contributed by atoms with Gasteiger partial charge in [0.25, 0.3) is 10.0 Å².